The molecule has 0 aliphatic carbocycles. The van der Waals surface area contributed by atoms with Crippen molar-refractivity contribution < 1.29 is 5.11 Å². The van der Waals surface area contributed by atoms with E-state index in [2.05, 4.69) is 31.2 Å². The van der Waals surface area contributed by atoms with Crippen molar-refractivity contribution in [3.8, 4) is 0 Å². The first-order valence-electron chi connectivity index (χ1n) is 5.55. The Balaban J connectivity index is 2.38. The van der Waals surface area contributed by atoms with Crippen LogP contribution in [0.1, 0.15) is 37.3 Å². The lowest BCUT2D eigenvalue weighted by atomic mass is 10.0. The predicted octanol–water partition coefficient (Wildman–Crippen LogP) is 2.95. The fourth-order valence-corrected chi connectivity index (χ4v) is 1.60. The van der Waals surface area contributed by atoms with Gasteiger partial charge in [-0.2, -0.15) is 0 Å². The van der Waals surface area contributed by atoms with Crippen LogP contribution in [0.3, 0.4) is 0 Å². The maximum absolute atomic E-state index is 8.66. The van der Waals surface area contributed by atoms with E-state index in [1.807, 2.05) is 0 Å². The van der Waals surface area contributed by atoms with Crippen LogP contribution in [0.25, 0.3) is 0 Å². The highest BCUT2D eigenvalue weighted by atomic mass is 16.2. The van der Waals surface area contributed by atoms with Gasteiger partial charge in [0.05, 0.1) is 0 Å². The number of benzene rings is 1. The van der Waals surface area contributed by atoms with Crippen molar-refractivity contribution in [3.05, 3.63) is 35.4 Å². The molecule has 0 unspecified atom stereocenters. The van der Waals surface area contributed by atoms with Crippen molar-refractivity contribution in [1.29, 1.82) is 0 Å². The molecule has 1 rings (SSSR count). The van der Waals surface area contributed by atoms with E-state index in [-0.39, 0.29) is 0 Å². The van der Waals surface area contributed by atoms with E-state index in [4.69, 9.17) is 5.11 Å². The van der Waals surface area contributed by atoms with Gasteiger partial charge in [0.25, 0.3) is 0 Å². The standard InChI is InChI=1S/C13H20O/c1-2-5-12-7-9-13(10-8-12)6-3-4-11-14/h7-10,14H,2-6,11H2,1H3. The number of hydrogen-bond donors (Lipinski definition) is 1. The monoisotopic (exact) mass is 192 g/mol. The van der Waals surface area contributed by atoms with Gasteiger partial charge in [0.2, 0.25) is 0 Å². The molecule has 0 atom stereocenters. The molecule has 0 radical (unpaired) electrons. The topological polar surface area (TPSA) is 20.2 Å². The Labute approximate surface area is 86.8 Å². The average molecular weight is 192 g/mol. The molecule has 0 aliphatic heterocycles. The highest BCUT2D eigenvalue weighted by Crippen LogP contribution is 2.09. The summed E-state index contributed by atoms with van der Waals surface area (Å²) in [4.78, 5) is 0. The predicted molar refractivity (Wildman–Crippen MR) is 60.5 cm³/mol. The molecule has 0 bridgehead atoms. The second kappa shape index (κ2) is 6.61. The zero-order valence-corrected chi connectivity index (χ0v) is 9.00. The molecule has 0 aromatic heterocycles. The maximum atomic E-state index is 8.66. The third-order valence-corrected chi connectivity index (χ3v) is 2.44. The molecule has 0 fully saturated rings. The van der Waals surface area contributed by atoms with Crippen LogP contribution in [0.5, 0.6) is 0 Å². The van der Waals surface area contributed by atoms with Crippen molar-refractivity contribution >= 4 is 0 Å². The highest BCUT2D eigenvalue weighted by Gasteiger charge is 1.94. The quantitative estimate of drug-likeness (QED) is 0.687. The SMILES string of the molecule is CCCc1ccc(CCCCO)cc1. The number of rotatable bonds is 6. The van der Waals surface area contributed by atoms with Gasteiger partial charge in [0.15, 0.2) is 0 Å². The van der Waals surface area contributed by atoms with E-state index < -0.39 is 0 Å². The largest absolute Gasteiger partial charge is 0.396 e. The third-order valence-electron chi connectivity index (χ3n) is 2.44. The van der Waals surface area contributed by atoms with Crippen molar-refractivity contribution in [1.82, 2.24) is 0 Å². The van der Waals surface area contributed by atoms with Gasteiger partial charge in [-0.15, -0.1) is 0 Å². The Morgan fingerprint density at radius 2 is 1.50 bits per heavy atom. The van der Waals surface area contributed by atoms with Gasteiger partial charge in [-0.1, -0.05) is 37.6 Å². The first-order valence-corrected chi connectivity index (χ1v) is 5.55. The summed E-state index contributed by atoms with van der Waals surface area (Å²) >= 11 is 0. The van der Waals surface area contributed by atoms with Crippen LogP contribution in [0, 0.1) is 0 Å². The summed E-state index contributed by atoms with van der Waals surface area (Å²) in [5.74, 6) is 0. The minimum absolute atomic E-state index is 0.313. The van der Waals surface area contributed by atoms with E-state index in [1.165, 1.54) is 24.0 Å². The van der Waals surface area contributed by atoms with Crippen molar-refractivity contribution in [2.24, 2.45) is 0 Å². The molecule has 14 heavy (non-hydrogen) atoms. The lowest BCUT2D eigenvalue weighted by molar-refractivity contribution is 0.284. The van der Waals surface area contributed by atoms with Gasteiger partial charge in [0, 0.05) is 6.61 Å². The van der Waals surface area contributed by atoms with Gasteiger partial charge in [-0.25, -0.2) is 0 Å². The van der Waals surface area contributed by atoms with Crippen LogP contribution in [-0.4, -0.2) is 11.7 Å². The first kappa shape index (κ1) is 11.3. The highest BCUT2D eigenvalue weighted by molar-refractivity contribution is 5.22. The number of aliphatic hydroxyl groups excluding tert-OH is 1. The number of unbranched alkanes of at least 4 members (excludes halogenated alkanes) is 1. The van der Waals surface area contributed by atoms with Gasteiger partial charge < -0.3 is 5.11 Å². The summed E-state index contributed by atoms with van der Waals surface area (Å²) in [6.45, 7) is 2.52. The maximum Gasteiger partial charge on any atom is 0.0431 e. The summed E-state index contributed by atoms with van der Waals surface area (Å²) in [5.41, 5.74) is 2.82. The van der Waals surface area contributed by atoms with Gasteiger partial charge in [0.1, 0.15) is 0 Å². The van der Waals surface area contributed by atoms with E-state index >= 15 is 0 Å². The van der Waals surface area contributed by atoms with Crippen LogP contribution < -0.4 is 0 Å². The molecule has 78 valence electrons. The second-order valence-electron chi connectivity index (χ2n) is 3.75. The Kier molecular flexibility index (Phi) is 5.31. The van der Waals surface area contributed by atoms with Crippen molar-refractivity contribution in [2.45, 2.75) is 39.0 Å². The normalized spacial score (nSPS) is 10.4. The summed E-state index contributed by atoms with van der Waals surface area (Å²) in [7, 11) is 0. The Hall–Kier alpha value is -0.820. The van der Waals surface area contributed by atoms with Crippen LogP contribution in [0.15, 0.2) is 24.3 Å². The summed E-state index contributed by atoms with van der Waals surface area (Å²) in [6.07, 6.45) is 5.48. The molecule has 0 heterocycles. The second-order valence-corrected chi connectivity index (χ2v) is 3.75. The van der Waals surface area contributed by atoms with Crippen molar-refractivity contribution in [2.75, 3.05) is 6.61 Å². The Morgan fingerprint density at radius 3 is 2.00 bits per heavy atom. The van der Waals surface area contributed by atoms with E-state index in [0.29, 0.717) is 6.61 Å². The molecule has 1 aromatic rings. The van der Waals surface area contributed by atoms with Crippen LogP contribution in [-0.2, 0) is 12.8 Å². The van der Waals surface area contributed by atoms with E-state index in [9.17, 15) is 0 Å². The summed E-state index contributed by atoms with van der Waals surface area (Å²) < 4.78 is 0. The third kappa shape index (κ3) is 3.93. The first-order chi connectivity index (χ1) is 6.86. The number of aryl methyl sites for hydroxylation is 2. The molecule has 1 heteroatoms. The minimum Gasteiger partial charge on any atom is -0.396 e. The fraction of sp³-hybridized carbons (Fsp3) is 0.538. The number of hydrogen-bond acceptors (Lipinski definition) is 1. The molecule has 1 N–H and O–H groups in total. The Bertz CT molecular complexity index is 238. The van der Waals surface area contributed by atoms with Gasteiger partial charge in [-0.05, 0) is 36.8 Å². The number of aliphatic hydroxyl groups is 1. The average Bonchev–Trinajstić information content (AvgIpc) is 2.21. The molecule has 0 spiro atoms. The van der Waals surface area contributed by atoms with Crippen LogP contribution >= 0.6 is 0 Å². The van der Waals surface area contributed by atoms with Gasteiger partial charge in [-0.3, -0.25) is 0 Å². The molecule has 0 saturated heterocycles. The summed E-state index contributed by atoms with van der Waals surface area (Å²) in [6, 6.07) is 8.86. The minimum atomic E-state index is 0.313. The molecule has 1 aromatic carbocycles. The lowest BCUT2D eigenvalue weighted by Gasteiger charge is -2.02. The van der Waals surface area contributed by atoms with Crippen LogP contribution in [0.4, 0.5) is 0 Å². The molecule has 0 aliphatic rings. The summed E-state index contributed by atoms with van der Waals surface area (Å²) in [5, 5.41) is 8.66. The van der Waals surface area contributed by atoms with Crippen molar-refractivity contribution in [3.63, 3.8) is 0 Å². The van der Waals surface area contributed by atoms with E-state index in [0.717, 1.165) is 19.3 Å². The zero-order chi connectivity index (χ0) is 10.2. The van der Waals surface area contributed by atoms with Crippen LogP contribution in [0.2, 0.25) is 0 Å². The van der Waals surface area contributed by atoms with Gasteiger partial charge >= 0.3 is 0 Å². The Morgan fingerprint density at radius 1 is 0.929 bits per heavy atom. The smallest absolute Gasteiger partial charge is 0.0431 e. The molecule has 1 nitrogen and oxygen atoms in total. The lowest BCUT2D eigenvalue weighted by Crippen LogP contribution is -1.89. The fourth-order valence-electron chi connectivity index (χ4n) is 1.60. The molecular weight excluding hydrogens is 172 g/mol. The zero-order valence-electron chi connectivity index (χ0n) is 9.00. The van der Waals surface area contributed by atoms with E-state index in [1.54, 1.807) is 0 Å². The molecule has 0 saturated carbocycles. The molecular formula is C13H20O. The molecule has 0 amide bonds.